The molecule has 0 aromatic heterocycles. The van der Waals surface area contributed by atoms with E-state index in [1.165, 1.54) is 0 Å². The molecule has 1 aromatic carbocycles. The third kappa shape index (κ3) is 11.1. The molecule has 0 saturated carbocycles. The van der Waals surface area contributed by atoms with Crippen molar-refractivity contribution in [2.24, 2.45) is 11.7 Å². The normalized spacial score (nSPS) is 14.8. The van der Waals surface area contributed by atoms with Gasteiger partial charge in [-0.1, -0.05) is 50.6 Å². The molecule has 37 heavy (non-hydrogen) atoms. The second-order valence-electron chi connectivity index (χ2n) is 8.66. The highest BCUT2D eigenvalue weighted by atomic mass is 16.4. The molecule has 5 unspecified atom stereocenters. The first kappa shape index (κ1) is 31.0. The van der Waals surface area contributed by atoms with Crippen molar-refractivity contribution in [3.8, 4) is 0 Å². The lowest BCUT2D eigenvalue weighted by Gasteiger charge is -2.28. The monoisotopic (exact) mass is 522 g/mol. The molecule has 8 N–H and O–H groups in total. The molecule has 0 aliphatic rings. The van der Waals surface area contributed by atoms with Gasteiger partial charge in [-0.15, -0.1) is 0 Å². The molecule has 0 bridgehead atoms. The van der Waals surface area contributed by atoms with Crippen molar-refractivity contribution in [1.82, 2.24) is 16.0 Å². The maximum absolute atomic E-state index is 13.3. The van der Waals surface area contributed by atoms with Crippen LogP contribution in [0.2, 0.25) is 0 Å². The SMILES string of the molecule is CCC(C)C(NC(=O)C(Cc1ccccc1)NC(=O)C(N)CCC(=O)O)C(=O)NC(CC(=O)O)C(=O)O. The molecular formula is C24H34N4O9. The van der Waals surface area contributed by atoms with E-state index in [9.17, 15) is 33.9 Å². The summed E-state index contributed by atoms with van der Waals surface area (Å²) in [6, 6.07) is 3.34. The summed E-state index contributed by atoms with van der Waals surface area (Å²) in [5.74, 6) is -6.99. The van der Waals surface area contributed by atoms with E-state index >= 15 is 0 Å². The Kier molecular flexibility index (Phi) is 12.7. The Balaban J connectivity index is 3.12. The summed E-state index contributed by atoms with van der Waals surface area (Å²) in [6.45, 7) is 3.39. The largest absolute Gasteiger partial charge is 0.481 e. The van der Waals surface area contributed by atoms with E-state index in [0.29, 0.717) is 12.0 Å². The number of nitrogens with two attached hydrogens (primary N) is 1. The maximum atomic E-state index is 13.3. The van der Waals surface area contributed by atoms with E-state index in [1.807, 2.05) is 0 Å². The fourth-order valence-electron chi connectivity index (χ4n) is 3.34. The van der Waals surface area contributed by atoms with Crippen molar-refractivity contribution in [1.29, 1.82) is 0 Å². The highest BCUT2D eigenvalue weighted by molar-refractivity contribution is 5.95. The molecule has 13 nitrogen and oxygen atoms in total. The Morgan fingerprint density at radius 1 is 0.838 bits per heavy atom. The van der Waals surface area contributed by atoms with Crippen LogP contribution in [0.25, 0.3) is 0 Å². The lowest BCUT2D eigenvalue weighted by molar-refractivity contribution is -0.147. The van der Waals surface area contributed by atoms with Gasteiger partial charge in [-0.05, 0) is 17.9 Å². The number of nitrogens with one attached hydrogen (secondary N) is 3. The van der Waals surface area contributed by atoms with E-state index in [2.05, 4.69) is 16.0 Å². The van der Waals surface area contributed by atoms with Gasteiger partial charge in [0.15, 0.2) is 0 Å². The molecule has 3 amide bonds. The minimum atomic E-state index is -1.71. The van der Waals surface area contributed by atoms with Crippen molar-refractivity contribution in [3.63, 3.8) is 0 Å². The molecule has 0 radical (unpaired) electrons. The van der Waals surface area contributed by atoms with Crippen LogP contribution in [-0.2, 0) is 35.2 Å². The number of carbonyl (C=O) groups is 6. The van der Waals surface area contributed by atoms with E-state index in [4.69, 9.17) is 15.9 Å². The van der Waals surface area contributed by atoms with E-state index in [-0.39, 0.29) is 19.3 Å². The fourth-order valence-corrected chi connectivity index (χ4v) is 3.34. The number of benzene rings is 1. The van der Waals surface area contributed by atoms with E-state index in [0.717, 1.165) is 0 Å². The Morgan fingerprint density at radius 3 is 1.95 bits per heavy atom. The number of hydrogen-bond donors (Lipinski definition) is 7. The highest BCUT2D eigenvalue weighted by Gasteiger charge is 2.33. The molecule has 1 aromatic rings. The topological polar surface area (TPSA) is 225 Å². The van der Waals surface area contributed by atoms with E-state index in [1.54, 1.807) is 44.2 Å². The number of carboxylic acid groups (broad SMARTS) is 3. The van der Waals surface area contributed by atoms with Crippen LogP contribution in [0.4, 0.5) is 0 Å². The zero-order valence-corrected chi connectivity index (χ0v) is 20.7. The molecule has 0 heterocycles. The second kappa shape index (κ2) is 15.2. The molecule has 0 spiro atoms. The molecule has 5 atom stereocenters. The van der Waals surface area contributed by atoms with Crippen LogP contribution in [0.5, 0.6) is 0 Å². The predicted octanol–water partition coefficient (Wildman–Crippen LogP) is -0.519. The van der Waals surface area contributed by atoms with Crippen LogP contribution in [-0.4, -0.2) is 75.1 Å². The average Bonchev–Trinajstić information content (AvgIpc) is 2.84. The smallest absolute Gasteiger partial charge is 0.326 e. The Labute approximate surface area is 213 Å². The molecule has 0 saturated heterocycles. The van der Waals surface area contributed by atoms with Crippen molar-refractivity contribution < 1.29 is 44.1 Å². The lowest BCUT2D eigenvalue weighted by atomic mass is 9.96. The summed E-state index contributed by atoms with van der Waals surface area (Å²) in [7, 11) is 0. The molecule has 13 heteroatoms. The standard InChI is InChI=1S/C24H34N4O9/c1-3-13(2)20(23(35)27-17(24(36)37)12-19(31)32)28-22(34)16(11-14-7-5-4-6-8-14)26-21(33)15(25)9-10-18(29)30/h4-8,13,15-17,20H,3,9-12,25H2,1-2H3,(H,26,33)(H,27,35)(H,28,34)(H,29,30)(H,31,32)(H,36,37). The minimum Gasteiger partial charge on any atom is -0.481 e. The fraction of sp³-hybridized carbons (Fsp3) is 0.500. The van der Waals surface area contributed by atoms with Crippen LogP contribution in [0.3, 0.4) is 0 Å². The zero-order valence-electron chi connectivity index (χ0n) is 20.7. The number of hydrogen-bond acceptors (Lipinski definition) is 7. The minimum absolute atomic E-state index is 0.0235. The van der Waals surface area contributed by atoms with Gasteiger partial charge in [-0.3, -0.25) is 24.0 Å². The zero-order chi connectivity index (χ0) is 28.1. The van der Waals surface area contributed by atoms with Crippen LogP contribution in [0.15, 0.2) is 30.3 Å². The number of carbonyl (C=O) groups excluding carboxylic acids is 3. The Hall–Kier alpha value is -4.00. The van der Waals surface area contributed by atoms with Crippen molar-refractivity contribution in [2.75, 3.05) is 0 Å². The lowest BCUT2D eigenvalue weighted by Crippen LogP contribution is -2.59. The number of rotatable bonds is 16. The maximum Gasteiger partial charge on any atom is 0.326 e. The Bertz CT molecular complexity index is 970. The first-order valence-corrected chi connectivity index (χ1v) is 11.7. The van der Waals surface area contributed by atoms with Gasteiger partial charge in [0.2, 0.25) is 17.7 Å². The van der Waals surface area contributed by atoms with Crippen molar-refractivity contribution in [2.45, 2.75) is 70.1 Å². The third-order valence-corrected chi connectivity index (χ3v) is 5.71. The first-order chi connectivity index (χ1) is 17.3. The average molecular weight is 523 g/mol. The van der Waals surface area contributed by atoms with Gasteiger partial charge < -0.3 is 37.0 Å². The summed E-state index contributed by atoms with van der Waals surface area (Å²) in [4.78, 5) is 71.9. The molecular weight excluding hydrogens is 488 g/mol. The van der Waals surface area contributed by atoms with Crippen LogP contribution in [0, 0.1) is 5.92 Å². The van der Waals surface area contributed by atoms with Gasteiger partial charge in [0.1, 0.15) is 18.1 Å². The third-order valence-electron chi connectivity index (χ3n) is 5.71. The van der Waals surface area contributed by atoms with Gasteiger partial charge in [-0.25, -0.2) is 4.79 Å². The molecule has 0 aliphatic carbocycles. The summed E-state index contributed by atoms with van der Waals surface area (Å²) in [6.07, 6.45) is -0.927. The van der Waals surface area contributed by atoms with Crippen molar-refractivity contribution in [3.05, 3.63) is 35.9 Å². The predicted molar refractivity (Wildman–Crippen MR) is 130 cm³/mol. The Morgan fingerprint density at radius 2 is 1.43 bits per heavy atom. The summed E-state index contributed by atoms with van der Waals surface area (Å²) in [5.41, 5.74) is 6.45. The van der Waals surface area contributed by atoms with Crippen LogP contribution < -0.4 is 21.7 Å². The molecule has 0 aliphatic heterocycles. The van der Waals surface area contributed by atoms with Gasteiger partial charge in [0, 0.05) is 12.8 Å². The van der Waals surface area contributed by atoms with Gasteiger partial charge >= 0.3 is 17.9 Å². The molecule has 0 fully saturated rings. The van der Waals surface area contributed by atoms with Crippen LogP contribution in [0.1, 0.15) is 45.1 Å². The van der Waals surface area contributed by atoms with Crippen LogP contribution >= 0.6 is 0 Å². The van der Waals surface area contributed by atoms with Gasteiger partial charge in [0.25, 0.3) is 0 Å². The summed E-state index contributed by atoms with van der Waals surface area (Å²) >= 11 is 0. The van der Waals surface area contributed by atoms with Gasteiger partial charge in [0.05, 0.1) is 12.5 Å². The van der Waals surface area contributed by atoms with E-state index < -0.39 is 72.1 Å². The number of amides is 3. The second-order valence-corrected chi connectivity index (χ2v) is 8.66. The number of carboxylic acids is 3. The first-order valence-electron chi connectivity index (χ1n) is 11.7. The number of aliphatic carboxylic acids is 3. The molecule has 204 valence electrons. The molecule has 1 rings (SSSR count). The summed E-state index contributed by atoms with van der Waals surface area (Å²) < 4.78 is 0. The van der Waals surface area contributed by atoms with Crippen molar-refractivity contribution >= 4 is 35.6 Å². The highest BCUT2D eigenvalue weighted by Crippen LogP contribution is 2.11. The quantitative estimate of drug-likeness (QED) is 0.147. The van der Waals surface area contributed by atoms with Gasteiger partial charge in [-0.2, -0.15) is 0 Å². The summed E-state index contributed by atoms with van der Waals surface area (Å²) in [5, 5.41) is 34.2.